The van der Waals surface area contributed by atoms with E-state index in [1.54, 1.807) is 12.4 Å². The van der Waals surface area contributed by atoms with Crippen LogP contribution in [0.15, 0.2) is 22.9 Å². The summed E-state index contributed by atoms with van der Waals surface area (Å²) in [5.74, 6) is 0. The number of nitrogens with zero attached hydrogens (tertiary/aromatic N) is 2. The molecule has 0 saturated carbocycles. The van der Waals surface area contributed by atoms with Crippen molar-refractivity contribution in [2.45, 2.75) is 0 Å². The zero-order chi connectivity index (χ0) is 9.68. The van der Waals surface area contributed by atoms with Crippen LogP contribution in [0, 0.1) is 0 Å². The standard InChI is InChI=1S/C9H14BrN3/c1-13(2)6-5-12-9-3-4-11-7-8(9)10/h3-4,7H,5-6H2,1-2H3,(H,11,12). The molecule has 0 aliphatic rings. The Hall–Kier alpha value is -0.610. The van der Waals surface area contributed by atoms with Crippen LogP contribution in [-0.4, -0.2) is 37.1 Å². The fourth-order valence-electron chi connectivity index (χ4n) is 0.933. The van der Waals surface area contributed by atoms with Gasteiger partial charge in [-0.25, -0.2) is 0 Å². The lowest BCUT2D eigenvalue weighted by atomic mass is 10.4. The minimum Gasteiger partial charge on any atom is -0.383 e. The first kappa shape index (κ1) is 10.5. The van der Waals surface area contributed by atoms with Crippen LogP contribution in [0.2, 0.25) is 0 Å². The number of nitrogens with one attached hydrogen (secondary N) is 1. The Labute approximate surface area is 87.3 Å². The Morgan fingerprint density at radius 2 is 2.31 bits per heavy atom. The van der Waals surface area contributed by atoms with Crippen LogP contribution in [0.25, 0.3) is 0 Å². The summed E-state index contributed by atoms with van der Waals surface area (Å²) in [5, 5.41) is 3.32. The van der Waals surface area contributed by atoms with E-state index in [0.717, 1.165) is 23.2 Å². The van der Waals surface area contributed by atoms with Gasteiger partial charge in [0.25, 0.3) is 0 Å². The van der Waals surface area contributed by atoms with E-state index in [-0.39, 0.29) is 0 Å². The highest BCUT2D eigenvalue weighted by atomic mass is 79.9. The summed E-state index contributed by atoms with van der Waals surface area (Å²) in [6.07, 6.45) is 3.57. The monoisotopic (exact) mass is 243 g/mol. The zero-order valence-electron chi connectivity index (χ0n) is 7.92. The molecule has 0 saturated heterocycles. The Bertz CT molecular complexity index is 263. The summed E-state index contributed by atoms with van der Waals surface area (Å²) in [6.45, 7) is 1.96. The second-order valence-corrected chi connectivity index (χ2v) is 3.94. The molecular formula is C9H14BrN3. The fraction of sp³-hybridized carbons (Fsp3) is 0.444. The van der Waals surface area contributed by atoms with Crippen molar-refractivity contribution in [1.82, 2.24) is 9.88 Å². The lowest BCUT2D eigenvalue weighted by Crippen LogP contribution is -2.20. The molecule has 1 rings (SSSR count). The summed E-state index contributed by atoms with van der Waals surface area (Å²) < 4.78 is 1.01. The third-order valence-electron chi connectivity index (χ3n) is 1.65. The van der Waals surface area contributed by atoms with E-state index in [2.05, 4.69) is 45.2 Å². The van der Waals surface area contributed by atoms with E-state index >= 15 is 0 Å². The molecule has 0 amide bonds. The number of halogens is 1. The highest BCUT2D eigenvalue weighted by Crippen LogP contribution is 2.19. The number of hydrogen-bond donors (Lipinski definition) is 1. The predicted molar refractivity (Wildman–Crippen MR) is 59.0 cm³/mol. The molecule has 0 radical (unpaired) electrons. The maximum atomic E-state index is 3.99. The first-order chi connectivity index (χ1) is 6.20. The second kappa shape index (κ2) is 5.19. The minimum atomic E-state index is 0.940. The van der Waals surface area contributed by atoms with E-state index in [1.807, 2.05) is 6.07 Å². The Morgan fingerprint density at radius 1 is 1.54 bits per heavy atom. The van der Waals surface area contributed by atoms with Gasteiger partial charge in [-0.05, 0) is 36.1 Å². The van der Waals surface area contributed by atoms with E-state index in [9.17, 15) is 0 Å². The predicted octanol–water partition coefficient (Wildman–Crippen LogP) is 1.82. The molecule has 72 valence electrons. The largest absolute Gasteiger partial charge is 0.383 e. The lowest BCUT2D eigenvalue weighted by molar-refractivity contribution is 0.425. The van der Waals surface area contributed by atoms with Gasteiger partial charge in [0.1, 0.15) is 0 Å². The van der Waals surface area contributed by atoms with E-state index in [1.165, 1.54) is 0 Å². The van der Waals surface area contributed by atoms with Gasteiger partial charge >= 0.3 is 0 Å². The summed E-state index contributed by atoms with van der Waals surface area (Å²) in [6, 6.07) is 1.96. The van der Waals surface area contributed by atoms with Crippen LogP contribution in [-0.2, 0) is 0 Å². The van der Waals surface area contributed by atoms with Gasteiger partial charge in [-0.3, -0.25) is 4.98 Å². The molecular weight excluding hydrogens is 230 g/mol. The minimum absolute atomic E-state index is 0.940. The van der Waals surface area contributed by atoms with Gasteiger partial charge in [0.15, 0.2) is 0 Å². The molecule has 1 heterocycles. The van der Waals surface area contributed by atoms with E-state index in [0.29, 0.717) is 0 Å². The molecule has 0 aromatic carbocycles. The molecule has 0 aliphatic carbocycles. The Balaban J connectivity index is 2.41. The van der Waals surface area contributed by atoms with Gasteiger partial charge in [0.2, 0.25) is 0 Å². The van der Waals surface area contributed by atoms with Crippen molar-refractivity contribution in [1.29, 1.82) is 0 Å². The lowest BCUT2D eigenvalue weighted by Gasteiger charge is -2.11. The van der Waals surface area contributed by atoms with Gasteiger partial charge in [0, 0.05) is 25.5 Å². The molecule has 0 fully saturated rings. The van der Waals surface area contributed by atoms with E-state index < -0.39 is 0 Å². The van der Waals surface area contributed by atoms with Crippen molar-refractivity contribution in [2.24, 2.45) is 0 Å². The molecule has 1 aromatic rings. The van der Waals surface area contributed by atoms with Gasteiger partial charge in [0.05, 0.1) is 10.2 Å². The normalized spacial score (nSPS) is 10.5. The van der Waals surface area contributed by atoms with Crippen LogP contribution in [0.4, 0.5) is 5.69 Å². The van der Waals surface area contributed by atoms with Crippen molar-refractivity contribution in [2.75, 3.05) is 32.5 Å². The van der Waals surface area contributed by atoms with Crippen LogP contribution in [0.3, 0.4) is 0 Å². The maximum absolute atomic E-state index is 3.99. The number of hydrogen-bond acceptors (Lipinski definition) is 3. The molecule has 1 aromatic heterocycles. The highest BCUT2D eigenvalue weighted by Gasteiger charge is 1.97. The molecule has 1 N–H and O–H groups in total. The van der Waals surface area contributed by atoms with Gasteiger partial charge in [-0.1, -0.05) is 0 Å². The molecule has 0 atom stereocenters. The number of anilines is 1. The second-order valence-electron chi connectivity index (χ2n) is 3.09. The van der Waals surface area contributed by atoms with Crippen LogP contribution >= 0.6 is 15.9 Å². The number of pyridine rings is 1. The maximum Gasteiger partial charge on any atom is 0.0590 e. The average molecular weight is 244 g/mol. The third-order valence-corrected chi connectivity index (χ3v) is 2.28. The van der Waals surface area contributed by atoms with Crippen LogP contribution in [0.5, 0.6) is 0 Å². The summed E-state index contributed by atoms with van der Waals surface area (Å²) in [7, 11) is 4.12. The highest BCUT2D eigenvalue weighted by molar-refractivity contribution is 9.10. The third kappa shape index (κ3) is 3.74. The smallest absolute Gasteiger partial charge is 0.0590 e. The van der Waals surface area contributed by atoms with Crippen molar-refractivity contribution in [3.8, 4) is 0 Å². The number of likely N-dealkylation sites (N-methyl/N-ethyl adjacent to an activating group) is 1. The fourth-order valence-corrected chi connectivity index (χ4v) is 1.32. The number of aromatic nitrogens is 1. The van der Waals surface area contributed by atoms with Crippen molar-refractivity contribution in [3.05, 3.63) is 22.9 Å². The van der Waals surface area contributed by atoms with Gasteiger partial charge in [-0.15, -0.1) is 0 Å². The quantitative estimate of drug-likeness (QED) is 0.875. The zero-order valence-corrected chi connectivity index (χ0v) is 9.50. The van der Waals surface area contributed by atoms with Crippen molar-refractivity contribution >= 4 is 21.6 Å². The summed E-state index contributed by atoms with van der Waals surface area (Å²) in [4.78, 5) is 6.13. The molecule has 0 spiro atoms. The van der Waals surface area contributed by atoms with Crippen molar-refractivity contribution in [3.63, 3.8) is 0 Å². The molecule has 3 nitrogen and oxygen atoms in total. The van der Waals surface area contributed by atoms with Gasteiger partial charge in [-0.2, -0.15) is 0 Å². The van der Waals surface area contributed by atoms with Crippen molar-refractivity contribution < 1.29 is 0 Å². The van der Waals surface area contributed by atoms with Crippen LogP contribution in [0.1, 0.15) is 0 Å². The molecule has 13 heavy (non-hydrogen) atoms. The molecule has 4 heteroatoms. The summed E-state index contributed by atoms with van der Waals surface area (Å²) in [5.41, 5.74) is 1.09. The molecule has 0 unspecified atom stereocenters. The molecule has 0 bridgehead atoms. The van der Waals surface area contributed by atoms with Crippen LogP contribution < -0.4 is 5.32 Å². The molecule has 0 aliphatic heterocycles. The van der Waals surface area contributed by atoms with Gasteiger partial charge < -0.3 is 10.2 Å². The Morgan fingerprint density at radius 3 is 2.92 bits per heavy atom. The van der Waals surface area contributed by atoms with E-state index in [4.69, 9.17) is 0 Å². The SMILES string of the molecule is CN(C)CCNc1ccncc1Br. The number of rotatable bonds is 4. The average Bonchev–Trinajstić information content (AvgIpc) is 2.08. The first-order valence-electron chi connectivity index (χ1n) is 4.18. The Kier molecular flexibility index (Phi) is 4.18. The summed E-state index contributed by atoms with van der Waals surface area (Å²) >= 11 is 3.42. The first-order valence-corrected chi connectivity index (χ1v) is 4.97. The topological polar surface area (TPSA) is 28.2 Å².